The molecule has 1 heterocycles. The van der Waals surface area contributed by atoms with E-state index in [0.29, 0.717) is 12.2 Å². The smallest absolute Gasteiger partial charge is 0.341 e. The van der Waals surface area contributed by atoms with Crippen LogP contribution in [0.25, 0.3) is 0 Å². The van der Waals surface area contributed by atoms with E-state index in [1.54, 1.807) is 18.2 Å². The first-order valence-corrected chi connectivity index (χ1v) is 5.15. The molecule has 1 aliphatic heterocycles. The Balaban J connectivity index is 1.91. The normalized spacial score (nSPS) is 20.9. The van der Waals surface area contributed by atoms with Crippen LogP contribution >= 0.6 is 0 Å². The van der Waals surface area contributed by atoms with E-state index in [4.69, 9.17) is 9.47 Å². The van der Waals surface area contributed by atoms with E-state index in [1.807, 2.05) is 6.07 Å². The molecular weight excluding hydrogens is 192 g/mol. The molecule has 0 aromatic heterocycles. The summed E-state index contributed by atoms with van der Waals surface area (Å²) in [6, 6.07) is 9.81. The van der Waals surface area contributed by atoms with Crippen LogP contribution < -0.4 is 0 Å². The number of carbonyl (C=O) groups excluding carboxylic acids is 1. The van der Waals surface area contributed by atoms with Crippen molar-refractivity contribution >= 4 is 5.97 Å². The van der Waals surface area contributed by atoms with E-state index < -0.39 is 0 Å². The summed E-state index contributed by atoms with van der Waals surface area (Å²) in [5, 5.41) is 0. The number of carbonyl (C=O) groups is 1. The zero-order valence-electron chi connectivity index (χ0n) is 8.44. The molecule has 1 aromatic rings. The second-order valence-corrected chi connectivity index (χ2v) is 3.48. The highest BCUT2D eigenvalue weighted by molar-refractivity contribution is 5.89. The molecule has 1 fully saturated rings. The van der Waals surface area contributed by atoms with Gasteiger partial charge in [0.2, 0.25) is 6.29 Å². The Labute approximate surface area is 89.0 Å². The molecule has 1 aliphatic rings. The summed E-state index contributed by atoms with van der Waals surface area (Å²) >= 11 is 0. The molecule has 0 N–H and O–H groups in total. The maximum atomic E-state index is 11.6. The average molecular weight is 205 g/mol. The molecule has 2 rings (SSSR count). The first-order chi connectivity index (χ1) is 7.36. The average Bonchev–Trinajstić information content (AvgIpc) is 2.31. The molecule has 3 nitrogen and oxygen atoms in total. The van der Waals surface area contributed by atoms with Gasteiger partial charge < -0.3 is 9.47 Å². The summed E-state index contributed by atoms with van der Waals surface area (Å²) in [5.74, 6) is -0.359. The minimum Gasteiger partial charge on any atom is -0.432 e. The van der Waals surface area contributed by atoms with Gasteiger partial charge in [-0.15, -0.1) is 0 Å². The molecule has 1 saturated heterocycles. The lowest BCUT2D eigenvalue weighted by molar-refractivity contribution is -0.131. The first-order valence-electron chi connectivity index (χ1n) is 5.15. The Morgan fingerprint density at radius 2 is 2.40 bits per heavy atom. The van der Waals surface area contributed by atoms with Crippen molar-refractivity contribution in [1.82, 2.24) is 0 Å². The lowest BCUT2D eigenvalue weighted by Crippen LogP contribution is -2.25. The van der Waals surface area contributed by atoms with Gasteiger partial charge in [0.05, 0.1) is 12.2 Å². The number of hydrogen-bond acceptors (Lipinski definition) is 3. The lowest BCUT2D eigenvalue weighted by Gasteiger charge is -2.22. The van der Waals surface area contributed by atoms with Gasteiger partial charge in [-0.05, 0) is 25.0 Å². The van der Waals surface area contributed by atoms with Gasteiger partial charge in [0.1, 0.15) is 0 Å². The van der Waals surface area contributed by atoms with E-state index in [2.05, 4.69) is 6.07 Å². The van der Waals surface area contributed by atoms with Gasteiger partial charge in [-0.2, -0.15) is 0 Å². The quantitative estimate of drug-likeness (QED) is 0.694. The highest BCUT2D eigenvalue weighted by atomic mass is 16.7. The molecule has 0 amide bonds. The first kappa shape index (κ1) is 10.2. The van der Waals surface area contributed by atoms with Gasteiger partial charge in [0.15, 0.2) is 0 Å². The fourth-order valence-corrected chi connectivity index (χ4v) is 1.51. The van der Waals surface area contributed by atoms with Crippen molar-refractivity contribution in [3.05, 3.63) is 35.9 Å². The Hall–Kier alpha value is -1.35. The molecule has 1 aromatic carbocycles. The van der Waals surface area contributed by atoms with Crippen LogP contribution in [0.4, 0.5) is 0 Å². The molecule has 0 spiro atoms. The maximum Gasteiger partial charge on any atom is 0.341 e. The number of rotatable bonds is 2. The summed E-state index contributed by atoms with van der Waals surface area (Å²) < 4.78 is 10.5. The van der Waals surface area contributed by atoms with Crippen LogP contribution in [0.5, 0.6) is 0 Å². The Morgan fingerprint density at radius 3 is 3.07 bits per heavy atom. The van der Waals surface area contributed by atoms with Crippen molar-refractivity contribution in [2.45, 2.75) is 25.6 Å². The summed E-state index contributed by atoms with van der Waals surface area (Å²) in [5.41, 5.74) is 0.451. The van der Waals surface area contributed by atoms with Crippen LogP contribution in [-0.2, 0) is 9.47 Å². The van der Waals surface area contributed by atoms with Crippen molar-refractivity contribution in [2.24, 2.45) is 0 Å². The van der Waals surface area contributed by atoms with Crippen molar-refractivity contribution in [3.63, 3.8) is 0 Å². The maximum absolute atomic E-state index is 11.6. The fraction of sp³-hybridized carbons (Fsp3) is 0.417. The second kappa shape index (κ2) is 4.94. The molecule has 3 heteroatoms. The molecule has 0 bridgehead atoms. The van der Waals surface area contributed by atoms with Crippen LogP contribution in [0.3, 0.4) is 0 Å². The summed E-state index contributed by atoms with van der Waals surface area (Å²) in [4.78, 5) is 11.6. The zero-order chi connectivity index (χ0) is 10.5. The molecule has 0 aliphatic carbocycles. The van der Waals surface area contributed by atoms with Gasteiger partial charge in [-0.3, -0.25) is 0 Å². The van der Waals surface area contributed by atoms with Crippen LogP contribution in [0.2, 0.25) is 0 Å². The molecular formula is C12H13O3. The van der Waals surface area contributed by atoms with Gasteiger partial charge in [-0.25, -0.2) is 4.79 Å². The van der Waals surface area contributed by atoms with Crippen LogP contribution in [0.15, 0.2) is 24.3 Å². The van der Waals surface area contributed by atoms with Crippen LogP contribution in [-0.4, -0.2) is 18.9 Å². The summed E-state index contributed by atoms with van der Waals surface area (Å²) in [6.45, 7) is 0.677. The van der Waals surface area contributed by atoms with Gasteiger partial charge in [-0.1, -0.05) is 18.2 Å². The fourth-order valence-electron chi connectivity index (χ4n) is 1.51. The Kier molecular flexibility index (Phi) is 3.35. The third kappa shape index (κ3) is 2.80. The number of esters is 1. The third-order valence-electron chi connectivity index (χ3n) is 2.31. The molecule has 1 radical (unpaired) electrons. The van der Waals surface area contributed by atoms with Gasteiger partial charge in [0.25, 0.3) is 0 Å². The molecule has 79 valence electrons. The molecule has 1 atom stereocenters. The Morgan fingerprint density at radius 1 is 1.47 bits per heavy atom. The minimum atomic E-state index is -0.375. The summed E-state index contributed by atoms with van der Waals surface area (Å²) in [6.07, 6.45) is 2.51. The van der Waals surface area contributed by atoms with E-state index in [1.165, 1.54) is 0 Å². The second-order valence-electron chi connectivity index (χ2n) is 3.48. The SMILES string of the molecule is O=C(OC1CCCCO1)c1[c]cccc1. The largest absolute Gasteiger partial charge is 0.432 e. The number of hydrogen-bond donors (Lipinski definition) is 0. The number of ether oxygens (including phenoxy) is 2. The van der Waals surface area contributed by atoms with E-state index >= 15 is 0 Å². The predicted octanol–water partition coefficient (Wildman–Crippen LogP) is 2.17. The van der Waals surface area contributed by atoms with Gasteiger partial charge >= 0.3 is 5.97 Å². The van der Waals surface area contributed by atoms with Gasteiger partial charge in [0, 0.05) is 6.42 Å². The molecule has 15 heavy (non-hydrogen) atoms. The molecule has 0 saturated carbocycles. The highest BCUT2D eigenvalue weighted by Crippen LogP contribution is 2.15. The predicted molar refractivity (Wildman–Crippen MR) is 54.3 cm³/mol. The lowest BCUT2D eigenvalue weighted by atomic mass is 10.2. The van der Waals surface area contributed by atoms with Crippen molar-refractivity contribution in [1.29, 1.82) is 0 Å². The van der Waals surface area contributed by atoms with Crippen molar-refractivity contribution in [2.75, 3.05) is 6.61 Å². The standard InChI is InChI=1S/C12H13O3/c13-12(10-6-2-1-3-7-10)15-11-8-4-5-9-14-11/h1-3,6,11H,4-5,8-9H2. The summed E-state index contributed by atoms with van der Waals surface area (Å²) in [7, 11) is 0. The van der Waals surface area contributed by atoms with Crippen molar-refractivity contribution in [3.8, 4) is 0 Å². The van der Waals surface area contributed by atoms with Crippen LogP contribution in [0, 0.1) is 6.07 Å². The highest BCUT2D eigenvalue weighted by Gasteiger charge is 2.18. The zero-order valence-corrected chi connectivity index (χ0v) is 8.44. The molecule has 1 unspecified atom stereocenters. The minimum absolute atomic E-state index is 0.359. The van der Waals surface area contributed by atoms with Crippen molar-refractivity contribution < 1.29 is 14.3 Å². The van der Waals surface area contributed by atoms with E-state index in [-0.39, 0.29) is 12.3 Å². The van der Waals surface area contributed by atoms with Crippen LogP contribution in [0.1, 0.15) is 29.6 Å². The Bertz CT molecular complexity index is 315. The number of benzene rings is 1. The monoisotopic (exact) mass is 205 g/mol. The third-order valence-corrected chi connectivity index (χ3v) is 2.31. The topological polar surface area (TPSA) is 35.5 Å². The van der Waals surface area contributed by atoms with E-state index in [0.717, 1.165) is 19.3 Å². The van der Waals surface area contributed by atoms with E-state index in [9.17, 15) is 4.79 Å².